The normalized spacial score (nSPS) is 11.4. The smallest absolute Gasteiger partial charge is 0.259 e. The summed E-state index contributed by atoms with van der Waals surface area (Å²) in [4.78, 5) is 20.2. The van der Waals surface area contributed by atoms with E-state index in [1.807, 2.05) is 23.6 Å². The number of rotatable bonds is 2. The minimum Gasteiger partial charge on any atom is -0.306 e. The molecule has 2 heterocycles. The van der Waals surface area contributed by atoms with Crippen molar-refractivity contribution in [3.8, 4) is 0 Å². The Morgan fingerprint density at radius 1 is 1.26 bits per heavy atom. The minimum absolute atomic E-state index is 0.182. The molecule has 0 aliphatic rings. The van der Waals surface area contributed by atoms with Gasteiger partial charge in [0, 0.05) is 9.90 Å². The van der Waals surface area contributed by atoms with Crippen molar-refractivity contribution in [2.75, 3.05) is 0 Å². The highest BCUT2D eigenvalue weighted by Gasteiger charge is 2.02. The van der Waals surface area contributed by atoms with Crippen LogP contribution >= 0.6 is 22.9 Å². The summed E-state index contributed by atoms with van der Waals surface area (Å²) in [6.45, 7) is 0. The van der Waals surface area contributed by atoms with Gasteiger partial charge >= 0.3 is 0 Å². The van der Waals surface area contributed by atoms with Crippen LogP contribution in [0.1, 0.15) is 10.7 Å². The Morgan fingerprint density at radius 3 is 2.95 bits per heavy atom. The molecule has 1 aromatic carbocycles. The van der Waals surface area contributed by atoms with Crippen LogP contribution in [-0.4, -0.2) is 9.97 Å². The van der Waals surface area contributed by atoms with Crippen LogP contribution in [0.2, 0.25) is 5.02 Å². The second kappa shape index (κ2) is 4.99. The SMILES string of the molecule is O=c1[nH]c(/C=C/c2cccs2)nc2ccc(Cl)cc12. The maximum atomic E-state index is 11.9. The van der Waals surface area contributed by atoms with Crippen molar-refractivity contribution in [1.82, 2.24) is 9.97 Å². The van der Waals surface area contributed by atoms with E-state index in [2.05, 4.69) is 9.97 Å². The molecule has 0 radical (unpaired) electrons. The third-order valence-electron chi connectivity index (χ3n) is 2.63. The molecule has 3 aromatic rings. The van der Waals surface area contributed by atoms with Crippen molar-refractivity contribution in [3.63, 3.8) is 0 Å². The van der Waals surface area contributed by atoms with Crippen LogP contribution in [0.15, 0.2) is 40.5 Å². The molecule has 3 nitrogen and oxygen atoms in total. The minimum atomic E-state index is -0.182. The van der Waals surface area contributed by atoms with E-state index < -0.39 is 0 Å². The zero-order valence-corrected chi connectivity index (χ0v) is 11.3. The molecule has 2 aromatic heterocycles. The summed E-state index contributed by atoms with van der Waals surface area (Å²) < 4.78 is 0. The maximum Gasteiger partial charge on any atom is 0.259 e. The Balaban J connectivity index is 2.06. The Bertz CT molecular complexity index is 806. The third-order valence-corrected chi connectivity index (χ3v) is 3.71. The molecule has 0 saturated carbocycles. The number of nitrogens with one attached hydrogen (secondary N) is 1. The summed E-state index contributed by atoms with van der Waals surface area (Å²) >= 11 is 7.49. The van der Waals surface area contributed by atoms with Gasteiger partial charge in [0.25, 0.3) is 5.56 Å². The van der Waals surface area contributed by atoms with Gasteiger partial charge in [-0.1, -0.05) is 17.7 Å². The number of fused-ring (bicyclic) bond motifs is 1. The summed E-state index contributed by atoms with van der Waals surface area (Å²) in [7, 11) is 0. The van der Waals surface area contributed by atoms with E-state index >= 15 is 0 Å². The average molecular weight is 289 g/mol. The molecular formula is C14H9ClN2OS. The van der Waals surface area contributed by atoms with E-state index in [1.54, 1.807) is 35.6 Å². The van der Waals surface area contributed by atoms with Crippen molar-refractivity contribution >= 4 is 46.0 Å². The first kappa shape index (κ1) is 12.1. The predicted molar refractivity (Wildman–Crippen MR) is 80.6 cm³/mol. The molecule has 0 aliphatic heterocycles. The van der Waals surface area contributed by atoms with Gasteiger partial charge in [-0.3, -0.25) is 4.79 Å². The number of benzene rings is 1. The maximum absolute atomic E-state index is 11.9. The highest BCUT2D eigenvalue weighted by Crippen LogP contribution is 2.15. The van der Waals surface area contributed by atoms with Gasteiger partial charge in [-0.05, 0) is 41.8 Å². The van der Waals surface area contributed by atoms with Crippen LogP contribution in [0.4, 0.5) is 0 Å². The Morgan fingerprint density at radius 2 is 2.16 bits per heavy atom. The average Bonchev–Trinajstić information content (AvgIpc) is 2.90. The zero-order chi connectivity index (χ0) is 13.2. The molecule has 5 heteroatoms. The highest BCUT2D eigenvalue weighted by atomic mass is 35.5. The van der Waals surface area contributed by atoms with Crippen LogP contribution in [0.3, 0.4) is 0 Å². The van der Waals surface area contributed by atoms with Crippen LogP contribution < -0.4 is 5.56 Å². The second-order valence-electron chi connectivity index (χ2n) is 3.96. The third kappa shape index (κ3) is 2.59. The fourth-order valence-corrected chi connectivity index (χ4v) is 2.55. The molecule has 0 atom stereocenters. The predicted octanol–water partition coefficient (Wildman–Crippen LogP) is 3.81. The fraction of sp³-hybridized carbons (Fsp3) is 0. The van der Waals surface area contributed by atoms with Gasteiger partial charge in [0.1, 0.15) is 5.82 Å². The molecule has 0 fully saturated rings. The molecule has 0 unspecified atom stereocenters. The number of H-pyrrole nitrogens is 1. The Hall–Kier alpha value is -1.91. The lowest BCUT2D eigenvalue weighted by Gasteiger charge is -1.99. The standard InChI is InChI=1S/C14H9ClN2OS/c15-9-3-5-12-11(8-9)14(18)17-13(16-12)6-4-10-2-1-7-19-10/h1-8H,(H,16,17,18)/b6-4+. The van der Waals surface area contributed by atoms with Crippen LogP contribution in [0, 0.1) is 0 Å². The van der Waals surface area contributed by atoms with E-state index in [9.17, 15) is 4.79 Å². The van der Waals surface area contributed by atoms with E-state index in [4.69, 9.17) is 11.6 Å². The molecule has 94 valence electrons. The van der Waals surface area contributed by atoms with E-state index in [-0.39, 0.29) is 5.56 Å². The van der Waals surface area contributed by atoms with Crippen molar-refractivity contribution in [1.29, 1.82) is 0 Å². The van der Waals surface area contributed by atoms with Gasteiger partial charge in [-0.2, -0.15) is 0 Å². The zero-order valence-electron chi connectivity index (χ0n) is 9.76. The summed E-state index contributed by atoms with van der Waals surface area (Å²) in [5.74, 6) is 0.535. The summed E-state index contributed by atoms with van der Waals surface area (Å²) in [5, 5.41) is 3.03. The first-order valence-electron chi connectivity index (χ1n) is 5.63. The number of aromatic amines is 1. The van der Waals surface area contributed by atoms with Crippen molar-refractivity contribution in [2.24, 2.45) is 0 Å². The molecule has 3 rings (SSSR count). The van der Waals surface area contributed by atoms with Crippen molar-refractivity contribution in [2.45, 2.75) is 0 Å². The largest absolute Gasteiger partial charge is 0.306 e. The van der Waals surface area contributed by atoms with Gasteiger partial charge in [0.05, 0.1) is 10.9 Å². The molecule has 19 heavy (non-hydrogen) atoms. The molecule has 0 bridgehead atoms. The van der Waals surface area contributed by atoms with E-state index in [1.165, 1.54) is 0 Å². The fourth-order valence-electron chi connectivity index (χ4n) is 1.76. The highest BCUT2D eigenvalue weighted by molar-refractivity contribution is 7.10. The molecule has 0 saturated heterocycles. The number of hydrogen-bond acceptors (Lipinski definition) is 3. The number of hydrogen-bond donors (Lipinski definition) is 1. The summed E-state index contributed by atoms with van der Waals surface area (Å²) in [6, 6.07) is 9.07. The molecule has 0 spiro atoms. The number of halogens is 1. The molecule has 0 amide bonds. The number of thiophene rings is 1. The van der Waals surface area contributed by atoms with E-state index in [0.29, 0.717) is 21.7 Å². The Kier molecular flexibility index (Phi) is 3.19. The van der Waals surface area contributed by atoms with Gasteiger partial charge in [0.15, 0.2) is 0 Å². The number of aromatic nitrogens is 2. The first-order chi connectivity index (χ1) is 9.22. The van der Waals surface area contributed by atoms with Crippen molar-refractivity contribution in [3.05, 3.63) is 61.8 Å². The molecule has 0 aliphatic carbocycles. The first-order valence-corrected chi connectivity index (χ1v) is 6.89. The van der Waals surface area contributed by atoms with Gasteiger partial charge in [-0.25, -0.2) is 4.98 Å². The van der Waals surface area contributed by atoms with Crippen LogP contribution in [0.25, 0.3) is 23.1 Å². The molecule has 1 N–H and O–H groups in total. The topological polar surface area (TPSA) is 45.8 Å². The molecular weight excluding hydrogens is 280 g/mol. The quantitative estimate of drug-likeness (QED) is 0.779. The summed E-state index contributed by atoms with van der Waals surface area (Å²) in [6.07, 6.45) is 3.71. The Labute approximate surface area is 118 Å². The second-order valence-corrected chi connectivity index (χ2v) is 5.38. The van der Waals surface area contributed by atoms with Crippen molar-refractivity contribution < 1.29 is 0 Å². The van der Waals surface area contributed by atoms with Crippen LogP contribution in [-0.2, 0) is 0 Å². The van der Waals surface area contributed by atoms with Crippen LogP contribution in [0.5, 0.6) is 0 Å². The summed E-state index contributed by atoms with van der Waals surface area (Å²) in [5.41, 5.74) is 0.456. The van der Waals surface area contributed by atoms with Gasteiger partial charge < -0.3 is 4.98 Å². The number of nitrogens with zero attached hydrogens (tertiary/aromatic N) is 1. The lowest BCUT2D eigenvalue weighted by molar-refractivity contribution is 1.14. The van der Waals surface area contributed by atoms with E-state index in [0.717, 1.165) is 4.88 Å². The van der Waals surface area contributed by atoms with Gasteiger partial charge in [0.2, 0.25) is 0 Å². The van der Waals surface area contributed by atoms with Gasteiger partial charge in [-0.15, -0.1) is 11.3 Å². The lowest BCUT2D eigenvalue weighted by atomic mass is 10.2. The monoisotopic (exact) mass is 288 g/mol. The lowest BCUT2D eigenvalue weighted by Crippen LogP contribution is -2.09.